The topological polar surface area (TPSA) is 53.4 Å². The second kappa shape index (κ2) is 5.47. The SMILES string of the molecule is O=C(O)[C@H]1CCCN(Cc2cccnc2Cl)C1. The Morgan fingerprint density at radius 1 is 1.65 bits per heavy atom. The highest BCUT2D eigenvalue weighted by Gasteiger charge is 2.25. The molecule has 1 atom stereocenters. The molecule has 1 N–H and O–H groups in total. The monoisotopic (exact) mass is 254 g/mol. The van der Waals surface area contributed by atoms with E-state index < -0.39 is 5.97 Å². The summed E-state index contributed by atoms with van der Waals surface area (Å²) in [5, 5.41) is 9.52. The lowest BCUT2D eigenvalue weighted by Gasteiger charge is -2.30. The standard InChI is InChI=1S/C12H15ClN2O2/c13-11-9(3-1-5-14-11)7-15-6-2-4-10(8-15)12(16)17/h1,3,5,10H,2,4,6-8H2,(H,16,17)/t10-/m0/s1. The minimum atomic E-state index is -0.702. The average Bonchev–Trinajstić information content (AvgIpc) is 2.32. The first-order valence-corrected chi connectivity index (χ1v) is 6.09. The molecule has 1 aliphatic heterocycles. The van der Waals surface area contributed by atoms with Crippen LogP contribution in [0.3, 0.4) is 0 Å². The third kappa shape index (κ3) is 3.17. The van der Waals surface area contributed by atoms with Crippen molar-refractivity contribution in [1.29, 1.82) is 0 Å². The molecule has 0 bridgehead atoms. The molecule has 17 heavy (non-hydrogen) atoms. The molecule has 1 aliphatic rings. The van der Waals surface area contributed by atoms with E-state index in [1.165, 1.54) is 0 Å². The molecule has 0 aliphatic carbocycles. The fraction of sp³-hybridized carbons (Fsp3) is 0.500. The van der Waals surface area contributed by atoms with Crippen LogP contribution in [0.4, 0.5) is 0 Å². The first kappa shape index (κ1) is 12.3. The minimum absolute atomic E-state index is 0.251. The van der Waals surface area contributed by atoms with Gasteiger partial charge in [0.1, 0.15) is 5.15 Å². The number of pyridine rings is 1. The van der Waals surface area contributed by atoms with Gasteiger partial charge in [-0.2, -0.15) is 0 Å². The van der Waals surface area contributed by atoms with Crippen LogP contribution in [0.2, 0.25) is 5.15 Å². The van der Waals surface area contributed by atoms with Gasteiger partial charge < -0.3 is 5.11 Å². The van der Waals surface area contributed by atoms with Crippen molar-refractivity contribution < 1.29 is 9.90 Å². The Labute approximate surface area is 105 Å². The number of carbonyl (C=O) groups is 1. The summed E-state index contributed by atoms with van der Waals surface area (Å²) in [5.41, 5.74) is 0.959. The van der Waals surface area contributed by atoms with E-state index in [1.54, 1.807) is 6.20 Å². The van der Waals surface area contributed by atoms with Gasteiger partial charge in [0.05, 0.1) is 5.92 Å². The molecule has 2 rings (SSSR count). The Kier molecular flexibility index (Phi) is 3.97. The Balaban J connectivity index is 1.99. The molecule has 4 nitrogen and oxygen atoms in total. The third-order valence-electron chi connectivity index (χ3n) is 3.09. The van der Waals surface area contributed by atoms with Crippen molar-refractivity contribution in [2.75, 3.05) is 13.1 Å². The van der Waals surface area contributed by atoms with Crippen LogP contribution in [0.15, 0.2) is 18.3 Å². The second-order valence-electron chi connectivity index (χ2n) is 4.37. The predicted octanol–water partition coefficient (Wildman–Crippen LogP) is 2.03. The molecule has 0 radical (unpaired) electrons. The van der Waals surface area contributed by atoms with Crippen LogP contribution in [-0.2, 0) is 11.3 Å². The Bertz CT molecular complexity index is 411. The molecule has 0 unspecified atom stereocenters. The van der Waals surface area contributed by atoms with E-state index in [2.05, 4.69) is 9.88 Å². The summed E-state index contributed by atoms with van der Waals surface area (Å²) in [6.07, 6.45) is 3.35. The minimum Gasteiger partial charge on any atom is -0.481 e. The lowest BCUT2D eigenvalue weighted by molar-refractivity contribution is -0.143. The summed E-state index contributed by atoms with van der Waals surface area (Å²) >= 11 is 5.99. The number of piperidine rings is 1. The van der Waals surface area contributed by atoms with Crippen molar-refractivity contribution in [2.45, 2.75) is 19.4 Å². The first-order chi connectivity index (χ1) is 8.16. The zero-order valence-corrected chi connectivity index (χ0v) is 10.2. The zero-order valence-electron chi connectivity index (χ0n) is 9.47. The van der Waals surface area contributed by atoms with Gasteiger partial charge in [0.15, 0.2) is 0 Å². The number of carboxylic acids is 1. The van der Waals surface area contributed by atoms with Crippen LogP contribution in [0.25, 0.3) is 0 Å². The molecule has 1 aromatic heterocycles. The van der Waals surface area contributed by atoms with Gasteiger partial charge in [-0.3, -0.25) is 9.69 Å². The van der Waals surface area contributed by atoms with Gasteiger partial charge in [-0.1, -0.05) is 17.7 Å². The number of rotatable bonds is 3. The predicted molar refractivity (Wildman–Crippen MR) is 64.9 cm³/mol. The maximum atomic E-state index is 11.0. The Hall–Kier alpha value is -1.13. The van der Waals surface area contributed by atoms with Gasteiger partial charge in [0.25, 0.3) is 0 Å². The summed E-state index contributed by atoms with van der Waals surface area (Å²) in [5.74, 6) is -0.953. The summed E-state index contributed by atoms with van der Waals surface area (Å²) in [7, 11) is 0. The summed E-state index contributed by atoms with van der Waals surface area (Å²) in [6.45, 7) is 2.20. The maximum Gasteiger partial charge on any atom is 0.307 e. The molecule has 5 heteroatoms. The molecule has 1 aromatic rings. The van der Waals surface area contributed by atoms with Gasteiger partial charge in [0, 0.05) is 24.8 Å². The normalized spacial score (nSPS) is 21.4. The average molecular weight is 255 g/mol. The fourth-order valence-electron chi connectivity index (χ4n) is 2.18. The number of carboxylic acid groups (broad SMARTS) is 1. The van der Waals surface area contributed by atoms with Gasteiger partial charge in [0.2, 0.25) is 0 Å². The van der Waals surface area contributed by atoms with Crippen LogP contribution in [0.1, 0.15) is 18.4 Å². The molecule has 0 amide bonds. The Morgan fingerprint density at radius 3 is 3.18 bits per heavy atom. The second-order valence-corrected chi connectivity index (χ2v) is 4.72. The van der Waals surface area contributed by atoms with Gasteiger partial charge in [-0.15, -0.1) is 0 Å². The fourth-order valence-corrected chi connectivity index (χ4v) is 2.36. The zero-order chi connectivity index (χ0) is 12.3. The number of hydrogen-bond donors (Lipinski definition) is 1. The van der Waals surface area contributed by atoms with E-state index in [9.17, 15) is 4.79 Å². The number of aromatic nitrogens is 1. The van der Waals surface area contributed by atoms with E-state index in [-0.39, 0.29) is 5.92 Å². The van der Waals surface area contributed by atoms with E-state index in [0.29, 0.717) is 18.2 Å². The molecule has 2 heterocycles. The van der Waals surface area contributed by atoms with Gasteiger partial charge >= 0.3 is 5.97 Å². The molecule has 0 aromatic carbocycles. The first-order valence-electron chi connectivity index (χ1n) is 5.71. The van der Waals surface area contributed by atoms with E-state index in [1.807, 2.05) is 12.1 Å². The van der Waals surface area contributed by atoms with Crippen LogP contribution < -0.4 is 0 Å². The summed E-state index contributed by atoms with van der Waals surface area (Å²) in [4.78, 5) is 17.1. The lowest BCUT2D eigenvalue weighted by atomic mass is 9.98. The van der Waals surface area contributed by atoms with Crippen molar-refractivity contribution in [2.24, 2.45) is 5.92 Å². The summed E-state index contributed by atoms with van der Waals surface area (Å²) < 4.78 is 0. The van der Waals surface area contributed by atoms with Crippen molar-refractivity contribution in [3.8, 4) is 0 Å². The molecule has 0 spiro atoms. The van der Waals surface area contributed by atoms with E-state index >= 15 is 0 Å². The number of hydrogen-bond acceptors (Lipinski definition) is 3. The lowest BCUT2D eigenvalue weighted by Crippen LogP contribution is -2.38. The Morgan fingerprint density at radius 2 is 2.47 bits per heavy atom. The molecule has 92 valence electrons. The third-order valence-corrected chi connectivity index (χ3v) is 3.43. The molecule has 1 saturated heterocycles. The number of nitrogens with zero attached hydrogens (tertiary/aromatic N) is 2. The van der Waals surface area contributed by atoms with Crippen LogP contribution in [0.5, 0.6) is 0 Å². The van der Waals surface area contributed by atoms with Crippen LogP contribution in [0, 0.1) is 5.92 Å². The van der Waals surface area contributed by atoms with Gasteiger partial charge in [-0.25, -0.2) is 4.98 Å². The van der Waals surface area contributed by atoms with E-state index in [4.69, 9.17) is 16.7 Å². The van der Waals surface area contributed by atoms with Gasteiger partial charge in [-0.05, 0) is 25.5 Å². The largest absolute Gasteiger partial charge is 0.481 e. The molecular weight excluding hydrogens is 240 g/mol. The van der Waals surface area contributed by atoms with E-state index in [0.717, 1.165) is 24.9 Å². The summed E-state index contributed by atoms with van der Waals surface area (Å²) in [6, 6.07) is 3.78. The van der Waals surface area contributed by atoms with Crippen LogP contribution in [-0.4, -0.2) is 34.0 Å². The highest BCUT2D eigenvalue weighted by Crippen LogP contribution is 2.20. The highest BCUT2D eigenvalue weighted by molar-refractivity contribution is 6.30. The number of aliphatic carboxylic acids is 1. The highest BCUT2D eigenvalue weighted by atomic mass is 35.5. The number of likely N-dealkylation sites (tertiary alicyclic amines) is 1. The number of halogens is 1. The van der Waals surface area contributed by atoms with Crippen molar-refractivity contribution in [3.05, 3.63) is 29.0 Å². The van der Waals surface area contributed by atoms with Crippen molar-refractivity contribution in [3.63, 3.8) is 0 Å². The molecule has 1 fully saturated rings. The molecular formula is C12H15ClN2O2. The maximum absolute atomic E-state index is 11.0. The molecule has 0 saturated carbocycles. The van der Waals surface area contributed by atoms with Crippen molar-refractivity contribution >= 4 is 17.6 Å². The quantitative estimate of drug-likeness (QED) is 0.839. The van der Waals surface area contributed by atoms with Crippen LogP contribution >= 0.6 is 11.6 Å². The smallest absolute Gasteiger partial charge is 0.307 e. The van der Waals surface area contributed by atoms with Crippen molar-refractivity contribution in [1.82, 2.24) is 9.88 Å².